The summed E-state index contributed by atoms with van der Waals surface area (Å²) in [4.78, 5) is 11.1. The van der Waals surface area contributed by atoms with Crippen molar-refractivity contribution >= 4 is 40.8 Å². The molecule has 186 valence electrons. The number of aliphatic carboxylic acids is 1. The van der Waals surface area contributed by atoms with Crippen LogP contribution in [-0.2, 0) is 4.79 Å². The normalized spacial score (nSPS) is 46.3. The van der Waals surface area contributed by atoms with E-state index >= 15 is 0 Å². The van der Waals surface area contributed by atoms with Gasteiger partial charge < -0.3 is 15.3 Å². The molecule has 32 heavy (non-hydrogen) atoms. The fourth-order valence-electron chi connectivity index (χ4n) is 8.73. The number of carboxylic acid groups (broad SMARTS) is 1. The number of carbonyl (C=O) groups is 1. The molecule has 4 aliphatic rings. The summed E-state index contributed by atoms with van der Waals surface area (Å²) in [6.45, 7) is 7.16. The van der Waals surface area contributed by atoms with E-state index in [-0.39, 0.29) is 29.5 Å². The van der Waals surface area contributed by atoms with Gasteiger partial charge in [0, 0.05) is 6.42 Å². The van der Waals surface area contributed by atoms with Crippen molar-refractivity contribution < 1.29 is 20.1 Å². The zero-order valence-electron chi connectivity index (χ0n) is 19.7. The molecule has 0 unspecified atom stereocenters. The van der Waals surface area contributed by atoms with E-state index < -0.39 is 10.3 Å². The summed E-state index contributed by atoms with van der Waals surface area (Å²) in [6, 6.07) is 0. The van der Waals surface area contributed by atoms with Gasteiger partial charge in [-0.25, -0.2) is 0 Å². The zero-order chi connectivity index (χ0) is 23.8. The Morgan fingerprint density at radius 1 is 0.969 bits per heavy atom. The number of rotatable bonds is 4. The summed E-state index contributed by atoms with van der Waals surface area (Å²) < 4.78 is -0.750. The number of hydrogen-bond donors (Lipinski definition) is 3. The first kappa shape index (κ1) is 26.9. The third kappa shape index (κ3) is 5.25. The number of halogens is 3. The van der Waals surface area contributed by atoms with Gasteiger partial charge in [-0.2, -0.15) is 0 Å². The molecular weight excluding hydrogens is 471 g/mol. The summed E-state index contributed by atoms with van der Waals surface area (Å²) in [5.74, 6) is 2.36. The van der Waals surface area contributed by atoms with Gasteiger partial charge in [0.15, 0.2) is 4.30 Å². The molecule has 0 bridgehead atoms. The van der Waals surface area contributed by atoms with E-state index in [4.69, 9.17) is 39.9 Å². The van der Waals surface area contributed by atoms with Crippen LogP contribution in [0.5, 0.6) is 0 Å². The molecule has 0 aromatic rings. The van der Waals surface area contributed by atoms with E-state index in [0.717, 1.165) is 32.1 Å². The maximum atomic E-state index is 11.2. The fraction of sp³-hybridized carbons (Fsp3) is 0.960. The molecule has 0 heterocycles. The Kier molecular flexibility index (Phi) is 8.80. The molecule has 0 radical (unpaired) electrons. The van der Waals surface area contributed by atoms with Gasteiger partial charge in [-0.15, -0.1) is 0 Å². The number of aliphatic hydroxyl groups excluding tert-OH is 2. The largest absolute Gasteiger partial charge is 0.481 e. The Balaban J connectivity index is 0.000000668. The molecule has 0 aliphatic heterocycles. The average molecular weight is 512 g/mol. The Morgan fingerprint density at radius 3 is 2.19 bits per heavy atom. The second-order valence-electron chi connectivity index (χ2n) is 11.6. The van der Waals surface area contributed by atoms with Crippen molar-refractivity contribution in [2.24, 2.45) is 46.3 Å². The molecule has 4 nitrogen and oxygen atoms in total. The van der Waals surface area contributed by atoms with Crippen LogP contribution in [0.2, 0.25) is 0 Å². The minimum absolute atomic E-state index is 0.179. The standard InChI is InChI=1S/C24H40O4.CHCl3/c1-14(4-7-21(27)28)17-5-6-18-22-19(9-11-24(17,18)3)23(2)10-8-16(25)12-15(23)13-20(22)26;2-1(3)4/h14-20,22,25-26H,4-13H2,1-3H3,(H,27,28);1H/t14-,15+,16-,17-,18+,19+,20-,22+,23+,24-;/m1./s1. The van der Waals surface area contributed by atoms with Gasteiger partial charge in [-0.3, -0.25) is 4.79 Å². The van der Waals surface area contributed by atoms with E-state index in [2.05, 4.69) is 20.8 Å². The summed E-state index contributed by atoms with van der Waals surface area (Å²) in [6.07, 6.45) is 9.19. The topological polar surface area (TPSA) is 77.8 Å². The molecule has 0 amide bonds. The van der Waals surface area contributed by atoms with Crippen LogP contribution >= 0.6 is 34.8 Å². The lowest BCUT2D eigenvalue weighted by molar-refractivity contribution is -0.174. The van der Waals surface area contributed by atoms with Crippen molar-refractivity contribution in [2.75, 3.05) is 0 Å². The molecule has 0 aromatic heterocycles. The number of fused-ring (bicyclic) bond motifs is 5. The highest BCUT2D eigenvalue weighted by Gasteiger charge is 2.62. The summed E-state index contributed by atoms with van der Waals surface area (Å²) in [5.41, 5.74) is 0.523. The van der Waals surface area contributed by atoms with E-state index in [1.54, 1.807) is 0 Å². The molecule has 0 aromatic carbocycles. The third-order valence-corrected chi connectivity index (χ3v) is 10.2. The molecule has 4 fully saturated rings. The Morgan fingerprint density at radius 2 is 1.56 bits per heavy atom. The van der Waals surface area contributed by atoms with Crippen molar-refractivity contribution in [2.45, 2.75) is 101 Å². The lowest BCUT2D eigenvalue weighted by Crippen LogP contribution is -2.58. The van der Waals surface area contributed by atoms with Crippen LogP contribution in [0.15, 0.2) is 0 Å². The van der Waals surface area contributed by atoms with E-state index in [1.165, 1.54) is 25.7 Å². The number of carboxylic acids is 1. The fourth-order valence-corrected chi connectivity index (χ4v) is 8.73. The SMILES string of the molecule is C[C@H](CCC(=O)O)[C@H]1CC[C@H]2[C@@H]3[C@H](O)C[C@@H]4C[C@H](O)CC[C@]4(C)[C@H]3CC[C@]12C.ClC(Cl)Cl. The molecule has 3 N–H and O–H groups in total. The van der Waals surface area contributed by atoms with E-state index in [1.807, 2.05) is 0 Å². The second kappa shape index (κ2) is 10.5. The summed E-state index contributed by atoms with van der Waals surface area (Å²) in [7, 11) is 0. The van der Waals surface area contributed by atoms with Crippen molar-refractivity contribution in [1.82, 2.24) is 0 Å². The first-order valence-corrected chi connectivity index (χ1v) is 13.7. The maximum Gasteiger partial charge on any atom is 0.303 e. The minimum atomic E-state index is -0.750. The quantitative estimate of drug-likeness (QED) is 0.378. The van der Waals surface area contributed by atoms with Crippen LogP contribution in [0.1, 0.15) is 85.0 Å². The minimum Gasteiger partial charge on any atom is -0.481 e. The Hall–Kier alpha value is 0.260. The molecule has 7 heteroatoms. The average Bonchev–Trinajstić information content (AvgIpc) is 3.04. The van der Waals surface area contributed by atoms with Gasteiger partial charge in [0.25, 0.3) is 0 Å². The van der Waals surface area contributed by atoms with Crippen LogP contribution in [0.4, 0.5) is 0 Å². The smallest absolute Gasteiger partial charge is 0.303 e. The van der Waals surface area contributed by atoms with Gasteiger partial charge in [-0.05, 0) is 104 Å². The number of aliphatic hydroxyl groups is 2. The molecule has 0 spiro atoms. The summed E-state index contributed by atoms with van der Waals surface area (Å²) >= 11 is 14.4. The number of hydrogen-bond acceptors (Lipinski definition) is 3. The first-order valence-electron chi connectivity index (χ1n) is 12.4. The van der Waals surface area contributed by atoms with Crippen molar-refractivity contribution in [3.8, 4) is 0 Å². The Labute approximate surface area is 208 Å². The molecule has 4 rings (SSSR count). The highest BCUT2D eigenvalue weighted by molar-refractivity contribution is 6.63. The van der Waals surface area contributed by atoms with Gasteiger partial charge in [-0.1, -0.05) is 55.6 Å². The predicted octanol–water partition coefficient (Wildman–Crippen LogP) is 6.46. The van der Waals surface area contributed by atoms with Crippen molar-refractivity contribution in [3.63, 3.8) is 0 Å². The predicted molar refractivity (Wildman–Crippen MR) is 130 cm³/mol. The van der Waals surface area contributed by atoms with Crippen LogP contribution in [0, 0.1) is 46.3 Å². The Bertz CT molecular complexity index is 658. The molecule has 10 atom stereocenters. The van der Waals surface area contributed by atoms with Gasteiger partial charge in [0.1, 0.15) is 0 Å². The molecule has 0 saturated heterocycles. The van der Waals surface area contributed by atoms with Gasteiger partial charge in [0.2, 0.25) is 0 Å². The highest BCUT2D eigenvalue weighted by Crippen LogP contribution is 2.68. The van der Waals surface area contributed by atoms with Crippen LogP contribution in [-0.4, -0.2) is 37.8 Å². The zero-order valence-corrected chi connectivity index (χ0v) is 21.9. The molecular formula is C25H41Cl3O4. The first-order chi connectivity index (χ1) is 14.9. The lowest BCUT2D eigenvalue weighted by atomic mass is 9.43. The van der Waals surface area contributed by atoms with Crippen molar-refractivity contribution in [3.05, 3.63) is 0 Å². The third-order valence-electron chi connectivity index (χ3n) is 10.2. The second-order valence-corrected chi connectivity index (χ2v) is 13.6. The van der Waals surface area contributed by atoms with Gasteiger partial charge in [0.05, 0.1) is 12.2 Å². The summed E-state index contributed by atoms with van der Waals surface area (Å²) in [5, 5.41) is 30.5. The highest BCUT2D eigenvalue weighted by atomic mass is 35.6. The van der Waals surface area contributed by atoms with Gasteiger partial charge >= 0.3 is 5.97 Å². The molecule has 4 saturated carbocycles. The van der Waals surface area contributed by atoms with E-state index in [9.17, 15) is 15.0 Å². The van der Waals surface area contributed by atoms with Crippen LogP contribution < -0.4 is 0 Å². The number of alkyl halides is 3. The lowest BCUT2D eigenvalue weighted by Gasteiger charge is -2.62. The molecule has 4 aliphatic carbocycles. The van der Waals surface area contributed by atoms with Crippen LogP contribution in [0.25, 0.3) is 0 Å². The maximum absolute atomic E-state index is 11.2. The van der Waals surface area contributed by atoms with Crippen molar-refractivity contribution in [1.29, 1.82) is 0 Å². The van der Waals surface area contributed by atoms with Crippen LogP contribution in [0.3, 0.4) is 0 Å². The van der Waals surface area contributed by atoms with E-state index in [0.29, 0.717) is 35.5 Å². The monoisotopic (exact) mass is 510 g/mol.